The Hall–Kier alpha value is -3.43. The predicted molar refractivity (Wildman–Crippen MR) is 148 cm³/mol. The van der Waals surface area contributed by atoms with Crippen LogP contribution in [0.5, 0.6) is 0 Å². The molecule has 2 aliphatic heterocycles. The number of imidazole rings is 2. The van der Waals surface area contributed by atoms with Crippen LogP contribution in [0, 0.1) is 11.3 Å². The minimum absolute atomic E-state index is 0.0119. The number of nitrogens with two attached hydrogens (primary N) is 2. The zero-order valence-corrected chi connectivity index (χ0v) is 24.9. The van der Waals surface area contributed by atoms with Gasteiger partial charge in [0.15, 0.2) is 35.0 Å². The summed E-state index contributed by atoms with van der Waals surface area (Å²) in [7, 11) is -10.1. The van der Waals surface area contributed by atoms with Crippen molar-refractivity contribution in [3.63, 3.8) is 0 Å². The second-order valence-electron chi connectivity index (χ2n) is 11.5. The number of phosphoric acid groups is 2. The largest absolute Gasteiger partial charge is 0.472 e. The zero-order chi connectivity index (χ0) is 32.3. The van der Waals surface area contributed by atoms with Gasteiger partial charge in [0.2, 0.25) is 5.95 Å². The number of phosphoric ester groups is 2. The molecule has 4 aliphatic rings. The number of aromatic nitrogens is 8. The molecule has 8 rings (SSSR count). The van der Waals surface area contributed by atoms with Crippen LogP contribution in [0.25, 0.3) is 22.3 Å². The average molecular weight is 686 g/mol. The van der Waals surface area contributed by atoms with Crippen molar-refractivity contribution in [3.8, 4) is 0 Å². The van der Waals surface area contributed by atoms with Gasteiger partial charge in [-0.25, -0.2) is 33.5 Å². The molecule has 2 saturated heterocycles. The van der Waals surface area contributed by atoms with E-state index in [1.807, 2.05) is 0 Å². The molecule has 4 aromatic rings. The highest BCUT2D eigenvalue weighted by Gasteiger charge is 2.74. The van der Waals surface area contributed by atoms with Crippen LogP contribution in [0.3, 0.4) is 0 Å². The first kappa shape index (κ1) is 29.9. The topological polar surface area (TPSA) is 300 Å². The molecule has 6 heterocycles. The van der Waals surface area contributed by atoms with Crippen molar-refractivity contribution >= 4 is 49.7 Å². The molecule has 246 valence electrons. The number of H-pyrrole nitrogens is 1. The summed E-state index contributed by atoms with van der Waals surface area (Å²) >= 11 is 0. The lowest BCUT2D eigenvalue weighted by molar-refractivity contribution is -0.0663. The molecular formula is C22H25FN10O11P2. The van der Waals surface area contributed by atoms with Crippen LogP contribution >= 0.6 is 15.6 Å². The quantitative estimate of drug-likeness (QED) is 0.142. The maximum atomic E-state index is 16.0. The Kier molecular flexibility index (Phi) is 6.53. The Morgan fingerprint density at radius 3 is 2.57 bits per heavy atom. The Morgan fingerprint density at radius 1 is 1.02 bits per heavy atom. The van der Waals surface area contributed by atoms with Crippen molar-refractivity contribution in [1.29, 1.82) is 0 Å². The van der Waals surface area contributed by atoms with Crippen LogP contribution in [0.1, 0.15) is 18.7 Å². The highest BCUT2D eigenvalue weighted by Crippen LogP contribution is 2.72. The number of aliphatic hydroxyl groups is 1. The Bertz CT molecular complexity index is 2040. The monoisotopic (exact) mass is 686 g/mol. The summed E-state index contributed by atoms with van der Waals surface area (Å²) in [6.45, 7) is -1.46. The van der Waals surface area contributed by atoms with Gasteiger partial charge < -0.3 is 35.7 Å². The van der Waals surface area contributed by atoms with Gasteiger partial charge in [0.25, 0.3) is 5.56 Å². The maximum absolute atomic E-state index is 16.0. The van der Waals surface area contributed by atoms with Gasteiger partial charge in [-0.15, -0.1) is 0 Å². The number of halogens is 1. The second-order valence-corrected chi connectivity index (χ2v) is 14.3. The van der Waals surface area contributed by atoms with Crippen molar-refractivity contribution in [2.45, 2.75) is 49.3 Å². The lowest BCUT2D eigenvalue weighted by Gasteiger charge is -2.31. The number of hydrogen-bond donors (Lipinski definition) is 6. The highest BCUT2D eigenvalue weighted by atomic mass is 31.2. The summed E-state index contributed by atoms with van der Waals surface area (Å²) < 4.78 is 72.0. The van der Waals surface area contributed by atoms with Gasteiger partial charge in [0, 0.05) is 5.41 Å². The molecular weight excluding hydrogens is 661 g/mol. The number of hydrogen-bond acceptors (Lipinski definition) is 16. The lowest BCUT2D eigenvalue weighted by atomic mass is 10.0. The molecule has 0 radical (unpaired) electrons. The lowest BCUT2D eigenvalue weighted by Crippen LogP contribution is -2.39. The molecule has 46 heavy (non-hydrogen) atoms. The first-order valence-electron chi connectivity index (χ1n) is 13.7. The van der Waals surface area contributed by atoms with Gasteiger partial charge in [0.05, 0.1) is 31.9 Å². The van der Waals surface area contributed by atoms with E-state index in [0.29, 0.717) is 0 Å². The van der Waals surface area contributed by atoms with Gasteiger partial charge in [0.1, 0.15) is 36.3 Å². The number of nitrogens with one attached hydrogen (secondary N) is 1. The number of fused-ring (bicyclic) bond motifs is 3. The SMILES string of the molecule is Nc1nc2c(ncn2[C@H]2[C@H](O)[C@@H]3OP(=O)(O)OC[C@H]4O[C@@H](n5cnc6c(N)ncnc65)[C@H](F)[C@@H]4OP(=O)(O)OCC34C[C@H]24)c(=O)[nH]1. The standard InChI is InChI=1S/C22H25FN10O11P2/c23-9-14-8(42-20(9)33-6-28-10-16(24)26-4-27-17(10)33)2-40-45(36,37)44-15-13(34)12(7-1-22(7,15)3-41-46(38,39)43-14)32-5-29-11-18(32)30-21(25)31-19(11)35/h4-9,12-15,20,34H,1-3H2,(H,36,37)(H,38,39)(H2,24,26,27)(H3,25,30,31,35)/t7-,8-,9-,12-,13+,14-,15+,20-,22?/m1/s1. The normalized spacial score (nSPS) is 41.0. The molecule has 21 nitrogen and oxygen atoms in total. The zero-order valence-electron chi connectivity index (χ0n) is 23.1. The summed E-state index contributed by atoms with van der Waals surface area (Å²) in [6, 6.07) is -0.946. The summed E-state index contributed by atoms with van der Waals surface area (Å²) in [5.41, 5.74) is 9.76. The van der Waals surface area contributed by atoms with Crippen LogP contribution < -0.4 is 17.0 Å². The number of nitrogen functional groups attached to an aromatic ring is 2. The van der Waals surface area contributed by atoms with Crippen LogP contribution in [0.15, 0.2) is 23.8 Å². The smallest absolute Gasteiger partial charge is 0.388 e. The first-order chi connectivity index (χ1) is 21.8. The highest BCUT2D eigenvalue weighted by molar-refractivity contribution is 7.47. The van der Waals surface area contributed by atoms with Gasteiger partial charge in [-0.3, -0.25) is 32.4 Å². The number of rotatable bonds is 2. The first-order valence-corrected chi connectivity index (χ1v) is 16.7. The van der Waals surface area contributed by atoms with E-state index in [-0.39, 0.29) is 40.5 Å². The Morgan fingerprint density at radius 2 is 1.76 bits per heavy atom. The van der Waals surface area contributed by atoms with Crippen molar-refractivity contribution in [2.75, 3.05) is 24.7 Å². The van der Waals surface area contributed by atoms with Crippen molar-refractivity contribution in [3.05, 3.63) is 29.3 Å². The molecule has 11 atom stereocenters. The third-order valence-corrected chi connectivity index (χ3v) is 10.9. The van der Waals surface area contributed by atoms with Crippen molar-refractivity contribution in [1.82, 2.24) is 39.0 Å². The van der Waals surface area contributed by atoms with Crippen LogP contribution in [0.2, 0.25) is 0 Å². The Balaban J connectivity index is 1.11. The number of ether oxygens (including phenoxy) is 1. The van der Waals surface area contributed by atoms with E-state index < -0.39 is 88.6 Å². The van der Waals surface area contributed by atoms with Gasteiger partial charge in [-0.2, -0.15) is 4.98 Å². The van der Waals surface area contributed by atoms with Gasteiger partial charge in [-0.1, -0.05) is 0 Å². The maximum Gasteiger partial charge on any atom is 0.472 e. The van der Waals surface area contributed by atoms with E-state index in [2.05, 4.69) is 29.9 Å². The summed E-state index contributed by atoms with van der Waals surface area (Å²) in [5.74, 6) is -0.799. The molecule has 4 fully saturated rings. The molecule has 3 unspecified atom stereocenters. The van der Waals surface area contributed by atoms with E-state index in [1.54, 1.807) is 0 Å². The third-order valence-electron chi connectivity index (χ3n) is 8.92. The second kappa shape index (κ2) is 10.0. The Labute approximate surface area is 254 Å². The molecule has 2 aliphatic carbocycles. The number of anilines is 2. The van der Waals surface area contributed by atoms with Crippen LogP contribution in [-0.4, -0.2) is 97.7 Å². The summed E-state index contributed by atoms with van der Waals surface area (Å²) in [6.07, 6.45) is -6.42. The number of aliphatic hydroxyl groups excluding tert-OH is 1. The van der Waals surface area contributed by atoms with E-state index in [9.17, 15) is 28.8 Å². The molecule has 4 aromatic heterocycles. The van der Waals surface area contributed by atoms with Crippen molar-refractivity contribution < 1.29 is 51.2 Å². The van der Waals surface area contributed by atoms with Gasteiger partial charge in [-0.05, 0) is 12.3 Å². The van der Waals surface area contributed by atoms with E-state index in [0.717, 1.165) is 10.9 Å². The summed E-state index contributed by atoms with van der Waals surface area (Å²) in [5, 5.41) is 11.4. The molecule has 24 heteroatoms. The molecule has 0 amide bonds. The molecule has 0 aromatic carbocycles. The molecule has 1 spiro atoms. The fourth-order valence-electron chi connectivity index (χ4n) is 6.79. The number of aromatic amines is 1. The third kappa shape index (κ3) is 4.52. The van der Waals surface area contributed by atoms with E-state index >= 15 is 4.39 Å². The fraction of sp³-hybridized carbons (Fsp3) is 0.545. The van der Waals surface area contributed by atoms with Crippen LogP contribution in [-0.2, 0) is 32.0 Å². The van der Waals surface area contributed by atoms with Gasteiger partial charge >= 0.3 is 15.6 Å². The molecule has 8 N–H and O–H groups in total. The van der Waals surface area contributed by atoms with Crippen molar-refractivity contribution in [2.24, 2.45) is 11.3 Å². The van der Waals surface area contributed by atoms with E-state index in [1.165, 1.54) is 17.2 Å². The summed E-state index contributed by atoms with van der Waals surface area (Å²) in [4.78, 5) is 56.2. The number of alkyl halides is 1. The average Bonchev–Trinajstić information content (AvgIpc) is 3.25. The van der Waals surface area contributed by atoms with E-state index in [4.69, 9.17) is 34.3 Å². The number of nitrogens with zero attached hydrogens (tertiary/aromatic N) is 7. The fourth-order valence-corrected chi connectivity index (χ4v) is 8.83. The molecule has 0 bridgehead atoms. The van der Waals surface area contributed by atoms with Crippen LogP contribution in [0.4, 0.5) is 16.2 Å². The minimum Gasteiger partial charge on any atom is -0.388 e. The predicted octanol–water partition coefficient (Wildman–Crippen LogP) is -0.701. The minimum atomic E-state index is -5.06. The molecule has 2 saturated carbocycles.